The van der Waals surface area contributed by atoms with Crippen LogP contribution in [-0.2, 0) is 9.59 Å². The maximum Gasteiger partial charge on any atom is 0.262 e. The molecule has 0 saturated carbocycles. The van der Waals surface area contributed by atoms with E-state index in [1.54, 1.807) is 36.5 Å². The summed E-state index contributed by atoms with van der Waals surface area (Å²) < 4.78 is 0. The standard InChI is InChI=1S/C13H14N2O2/c16-12-7-4-2-1-3-5-9-14-11-13(17)15-10-6-8-12/h1-6,8-9,11H,7,10H2,(H,15,17)/b3-1-,4-2-,8-6-,9-5-,14-11?. The van der Waals surface area contributed by atoms with E-state index in [-0.39, 0.29) is 11.7 Å². The van der Waals surface area contributed by atoms with Gasteiger partial charge in [-0.2, -0.15) is 0 Å². The summed E-state index contributed by atoms with van der Waals surface area (Å²) in [7, 11) is 0. The van der Waals surface area contributed by atoms with Gasteiger partial charge in [-0.1, -0.05) is 30.4 Å². The number of hydrogen-bond acceptors (Lipinski definition) is 3. The molecule has 0 aliphatic carbocycles. The van der Waals surface area contributed by atoms with Crippen molar-refractivity contribution in [2.75, 3.05) is 6.54 Å². The van der Waals surface area contributed by atoms with E-state index < -0.39 is 0 Å². The van der Waals surface area contributed by atoms with Crippen LogP contribution in [-0.4, -0.2) is 24.4 Å². The molecule has 0 fully saturated rings. The van der Waals surface area contributed by atoms with Crippen LogP contribution in [0.25, 0.3) is 0 Å². The first-order valence-electron chi connectivity index (χ1n) is 5.28. The number of carbonyl (C=O) groups excluding carboxylic acids is 2. The lowest BCUT2D eigenvalue weighted by Crippen LogP contribution is -2.24. The maximum atomic E-state index is 11.3. The lowest BCUT2D eigenvalue weighted by atomic mass is 10.2. The van der Waals surface area contributed by atoms with Crippen LogP contribution in [0.15, 0.2) is 53.7 Å². The van der Waals surface area contributed by atoms with Crippen molar-refractivity contribution in [2.24, 2.45) is 4.99 Å². The number of nitrogens with zero attached hydrogens (tertiary/aromatic N) is 1. The van der Waals surface area contributed by atoms with Crippen LogP contribution in [0.2, 0.25) is 0 Å². The molecule has 4 nitrogen and oxygen atoms in total. The van der Waals surface area contributed by atoms with Gasteiger partial charge >= 0.3 is 0 Å². The fourth-order valence-corrected chi connectivity index (χ4v) is 1.06. The molecule has 0 radical (unpaired) electrons. The molecule has 1 N–H and O–H groups in total. The zero-order chi connectivity index (χ0) is 12.3. The molecule has 17 heavy (non-hydrogen) atoms. The molecular weight excluding hydrogens is 216 g/mol. The number of nitrogens with one attached hydrogen (secondary N) is 1. The topological polar surface area (TPSA) is 58.5 Å². The Kier molecular flexibility index (Phi) is 6.03. The third kappa shape index (κ3) is 6.78. The number of aliphatic imine (C=N–C) groups is 1. The number of allylic oxidation sites excluding steroid dienone is 6. The van der Waals surface area contributed by atoms with E-state index in [1.807, 2.05) is 0 Å². The summed E-state index contributed by atoms with van der Waals surface area (Å²) in [6.45, 7) is 0.322. The minimum Gasteiger partial charge on any atom is -0.348 e. The molecule has 0 unspecified atom stereocenters. The van der Waals surface area contributed by atoms with E-state index in [0.717, 1.165) is 0 Å². The molecule has 0 atom stereocenters. The van der Waals surface area contributed by atoms with E-state index in [2.05, 4.69) is 10.3 Å². The maximum absolute atomic E-state index is 11.3. The molecule has 88 valence electrons. The first-order chi connectivity index (χ1) is 8.29. The van der Waals surface area contributed by atoms with Gasteiger partial charge in [0.25, 0.3) is 5.91 Å². The monoisotopic (exact) mass is 230 g/mol. The van der Waals surface area contributed by atoms with Crippen LogP contribution < -0.4 is 5.32 Å². The van der Waals surface area contributed by atoms with Gasteiger partial charge in [-0.05, 0) is 12.2 Å². The van der Waals surface area contributed by atoms with Gasteiger partial charge in [0.2, 0.25) is 0 Å². The molecule has 0 aromatic carbocycles. The van der Waals surface area contributed by atoms with Crippen molar-refractivity contribution in [2.45, 2.75) is 6.42 Å². The lowest BCUT2D eigenvalue weighted by molar-refractivity contribution is -0.115. The summed E-state index contributed by atoms with van der Waals surface area (Å²) in [4.78, 5) is 26.2. The summed E-state index contributed by atoms with van der Waals surface area (Å²) in [6.07, 6.45) is 15.0. The summed E-state index contributed by atoms with van der Waals surface area (Å²) in [6, 6.07) is 0. The first kappa shape index (κ1) is 12.8. The van der Waals surface area contributed by atoms with Crippen molar-refractivity contribution >= 4 is 17.9 Å². The molecule has 0 bridgehead atoms. The third-order valence-corrected chi connectivity index (χ3v) is 1.85. The van der Waals surface area contributed by atoms with Crippen LogP contribution in [0, 0.1) is 0 Å². The van der Waals surface area contributed by atoms with Gasteiger partial charge in [-0.15, -0.1) is 0 Å². The van der Waals surface area contributed by atoms with Crippen LogP contribution in [0.3, 0.4) is 0 Å². The highest BCUT2D eigenvalue weighted by Crippen LogP contribution is 1.90. The second kappa shape index (κ2) is 7.98. The van der Waals surface area contributed by atoms with Gasteiger partial charge in [0.1, 0.15) is 0 Å². The number of rotatable bonds is 0. The van der Waals surface area contributed by atoms with Gasteiger partial charge in [0.05, 0.1) is 6.21 Å². The fourth-order valence-electron chi connectivity index (χ4n) is 1.06. The Bertz CT molecular complexity index is 415. The second-order valence-corrected chi connectivity index (χ2v) is 3.25. The Labute approximate surface area is 100 Å². The van der Waals surface area contributed by atoms with E-state index in [9.17, 15) is 9.59 Å². The second-order valence-electron chi connectivity index (χ2n) is 3.25. The van der Waals surface area contributed by atoms with Gasteiger partial charge in [0.15, 0.2) is 5.78 Å². The molecule has 0 spiro atoms. The van der Waals surface area contributed by atoms with E-state index in [1.165, 1.54) is 18.5 Å². The van der Waals surface area contributed by atoms with Crippen LogP contribution in [0.1, 0.15) is 6.42 Å². The predicted molar refractivity (Wildman–Crippen MR) is 67.7 cm³/mol. The molecule has 0 aromatic rings. The minimum absolute atomic E-state index is 0.00276. The molecule has 1 aliphatic heterocycles. The number of ketones is 1. The fraction of sp³-hybridized carbons (Fsp3) is 0.154. The zero-order valence-electron chi connectivity index (χ0n) is 9.37. The minimum atomic E-state index is -0.288. The van der Waals surface area contributed by atoms with Crippen molar-refractivity contribution in [1.82, 2.24) is 5.32 Å². The average molecular weight is 230 g/mol. The quantitative estimate of drug-likeness (QED) is 0.682. The third-order valence-electron chi connectivity index (χ3n) is 1.85. The smallest absolute Gasteiger partial charge is 0.262 e. The molecule has 1 amide bonds. The molecule has 1 rings (SSSR count). The van der Waals surface area contributed by atoms with Crippen molar-refractivity contribution in [3.63, 3.8) is 0 Å². The Morgan fingerprint density at radius 3 is 2.76 bits per heavy atom. The average Bonchev–Trinajstić information content (AvgIpc) is 2.32. The van der Waals surface area contributed by atoms with Crippen molar-refractivity contribution < 1.29 is 9.59 Å². The van der Waals surface area contributed by atoms with Crippen molar-refractivity contribution in [3.05, 3.63) is 48.7 Å². The summed E-state index contributed by atoms with van der Waals surface area (Å²) in [5, 5.41) is 2.58. The summed E-state index contributed by atoms with van der Waals surface area (Å²) in [5.74, 6) is -0.285. The van der Waals surface area contributed by atoms with E-state index >= 15 is 0 Å². The highest BCUT2D eigenvalue weighted by Gasteiger charge is 1.93. The highest BCUT2D eigenvalue weighted by atomic mass is 16.1. The molecule has 1 heterocycles. The molecule has 0 saturated heterocycles. The highest BCUT2D eigenvalue weighted by molar-refractivity contribution is 6.26. The Hall–Kier alpha value is -2.23. The number of amides is 1. The molecule has 4 heteroatoms. The van der Waals surface area contributed by atoms with Gasteiger partial charge in [-0.3, -0.25) is 14.6 Å². The Morgan fingerprint density at radius 2 is 1.88 bits per heavy atom. The summed E-state index contributed by atoms with van der Waals surface area (Å²) >= 11 is 0. The van der Waals surface area contributed by atoms with Crippen LogP contribution in [0.4, 0.5) is 0 Å². The normalized spacial score (nSPS) is 25.2. The predicted octanol–water partition coefficient (Wildman–Crippen LogP) is 1.33. The summed E-state index contributed by atoms with van der Waals surface area (Å²) in [5.41, 5.74) is 0. The lowest BCUT2D eigenvalue weighted by Gasteiger charge is -1.94. The van der Waals surface area contributed by atoms with Crippen LogP contribution >= 0.6 is 0 Å². The molecule has 0 aromatic heterocycles. The van der Waals surface area contributed by atoms with Crippen molar-refractivity contribution in [1.29, 1.82) is 0 Å². The van der Waals surface area contributed by atoms with Gasteiger partial charge in [-0.25, -0.2) is 0 Å². The molecular formula is C13H14N2O2. The number of carbonyl (C=O) groups is 2. The molecule has 1 aliphatic rings. The van der Waals surface area contributed by atoms with Crippen molar-refractivity contribution in [3.8, 4) is 0 Å². The van der Waals surface area contributed by atoms with E-state index in [4.69, 9.17) is 0 Å². The zero-order valence-corrected chi connectivity index (χ0v) is 9.37. The Balaban J connectivity index is 2.66. The van der Waals surface area contributed by atoms with Gasteiger partial charge < -0.3 is 5.32 Å². The van der Waals surface area contributed by atoms with Gasteiger partial charge in [0, 0.05) is 19.2 Å². The van der Waals surface area contributed by atoms with E-state index in [0.29, 0.717) is 13.0 Å². The first-order valence-corrected chi connectivity index (χ1v) is 5.28. The number of hydrogen-bond donors (Lipinski definition) is 1. The largest absolute Gasteiger partial charge is 0.348 e. The SMILES string of the molecule is O=C1/C=C\CNC(=O)C=N\C=C/C=C\C=C/C1. The Morgan fingerprint density at radius 1 is 1.06 bits per heavy atom. The van der Waals surface area contributed by atoms with Crippen LogP contribution in [0.5, 0.6) is 0 Å².